The van der Waals surface area contributed by atoms with Crippen molar-refractivity contribution >= 4 is 0 Å². The number of aromatic nitrogens is 3. The largest absolute Gasteiger partial charge is 0.501 e. The second-order valence-electron chi connectivity index (χ2n) is 6.29. The number of rotatable bonds is 3. The molecule has 0 amide bonds. The van der Waals surface area contributed by atoms with Crippen LogP contribution in [0.15, 0.2) is 41.2 Å². The van der Waals surface area contributed by atoms with Crippen LogP contribution in [0.25, 0.3) is 11.4 Å². The Kier molecular flexibility index (Phi) is 4.13. The fraction of sp³-hybridized carbons (Fsp3) is 0.389. The van der Waals surface area contributed by atoms with Crippen LogP contribution >= 0.6 is 0 Å². The summed E-state index contributed by atoms with van der Waals surface area (Å²) in [7, 11) is 0. The van der Waals surface area contributed by atoms with E-state index in [1.807, 2.05) is 18.4 Å². The van der Waals surface area contributed by atoms with Crippen LogP contribution in [0, 0.1) is 0 Å². The average Bonchev–Trinajstić information content (AvgIpc) is 2.64. The average molecular weight is 324 g/mol. The number of fused-ring (bicyclic) bond motifs is 1. The lowest BCUT2D eigenvalue weighted by Crippen LogP contribution is -2.37. The molecule has 2 aliphatic heterocycles. The maximum Gasteiger partial charge on any atom is 0.255 e. The lowest BCUT2D eigenvalue weighted by molar-refractivity contribution is 0.208. The van der Waals surface area contributed by atoms with Gasteiger partial charge in [-0.05, 0) is 30.5 Å². The summed E-state index contributed by atoms with van der Waals surface area (Å²) in [6.45, 7) is 3.23. The molecule has 1 N–H and O–H groups in total. The highest BCUT2D eigenvalue weighted by molar-refractivity contribution is 5.53. The van der Waals surface area contributed by atoms with Crippen LogP contribution in [-0.2, 0) is 17.7 Å². The predicted molar refractivity (Wildman–Crippen MR) is 90.3 cm³/mol. The molecule has 0 unspecified atom stereocenters. The molecule has 4 rings (SSSR count). The van der Waals surface area contributed by atoms with Crippen LogP contribution in [0.3, 0.4) is 0 Å². The first-order chi connectivity index (χ1) is 11.8. The molecule has 4 heterocycles. The quantitative estimate of drug-likeness (QED) is 0.933. The van der Waals surface area contributed by atoms with Crippen LogP contribution in [0.1, 0.15) is 24.1 Å². The lowest BCUT2D eigenvalue weighted by atomic mass is 10.0. The molecule has 2 aromatic rings. The molecule has 6 heteroatoms. The van der Waals surface area contributed by atoms with Gasteiger partial charge < -0.3 is 9.72 Å². The van der Waals surface area contributed by atoms with Crippen molar-refractivity contribution in [1.29, 1.82) is 0 Å². The second kappa shape index (κ2) is 6.57. The van der Waals surface area contributed by atoms with Crippen molar-refractivity contribution in [3.8, 4) is 11.4 Å². The predicted octanol–water partition coefficient (Wildman–Crippen LogP) is 1.88. The summed E-state index contributed by atoms with van der Waals surface area (Å²) >= 11 is 0. The summed E-state index contributed by atoms with van der Waals surface area (Å²) in [6, 6.07) is 3.75. The van der Waals surface area contributed by atoms with Gasteiger partial charge in [0.25, 0.3) is 5.56 Å². The molecular formula is C18H20N4O2. The first-order valence-corrected chi connectivity index (χ1v) is 8.34. The maximum atomic E-state index is 12.5. The summed E-state index contributed by atoms with van der Waals surface area (Å²) in [4.78, 5) is 26.5. The molecule has 2 aliphatic rings. The van der Waals surface area contributed by atoms with Crippen molar-refractivity contribution in [3.63, 3.8) is 0 Å². The van der Waals surface area contributed by atoms with E-state index in [-0.39, 0.29) is 5.56 Å². The molecule has 0 spiro atoms. The van der Waals surface area contributed by atoms with E-state index < -0.39 is 0 Å². The van der Waals surface area contributed by atoms with E-state index in [9.17, 15) is 4.79 Å². The first kappa shape index (κ1) is 15.1. The molecule has 0 bridgehead atoms. The van der Waals surface area contributed by atoms with E-state index in [1.165, 1.54) is 5.57 Å². The van der Waals surface area contributed by atoms with Gasteiger partial charge in [-0.2, -0.15) is 0 Å². The smallest absolute Gasteiger partial charge is 0.255 e. The zero-order chi connectivity index (χ0) is 16.4. The van der Waals surface area contributed by atoms with Crippen molar-refractivity contribution < 1.29 is 4.74 Å². The molecule has 0 radical (unpaired) electrons. The van der Waals surface area contributed by atoms with Crippen LogP contribution in [0.5, 0.6) is 0 Å². The number of H-pyrrole nitrogens is 1. The standard InChI is InChI=1S/C18H20N4O2/c23-18-15-11-22(10-13-3-2-8-24-12-13)7-5-16(15)20-17(21-18)14-4-1-6-19-9-14/h1,4,6,9,12H,2-3,5,7-8,10-11H2,(H,20,21,23). The van der Waals surface area contributed by atoms with Crippen molar-refractivity contribution in [2.75, 3.05) is 19.7 Å². The Morgan fingerprint density at radius 2 is 2.29 bits per heavy atom. The Morgan fingerprint density at radius 1 is 1.33 bits per heavy atom. The van der Waals surface area contributed by atoms with E-state index in [1.54, 1.807) is 12.4 Å². The summed E-state index contributed by atoms with van der Waals surface area (Å²) in [5.41, 5.74) is 3.79. The maximum absolute atomic E-state index is 12.5. The van der Waals surface area contributed by atoms with Gasteiger partial charge in [0.2, 0.25) is 0 Å². The molecule has 124 valence electrons. The van der Waals surface area contributed by atoms with E-state index in [0.29, 0.717) is 12.4 Å². The third-order valence-corrected chi connectivity index (χ3v) is 4.52. The van der Waals surface area contributed by atoms with Crippen LogP contribution in [0.2, 0.25) is 0 Å². The molecular weight excluding hydrogens is 304 g/mol. The molecule has 0 saturated heterocycles. The van der Waals surface area contributed by atoms with Crippen LogP contribution < -0.4 is 5.56 Å². The molecule has 0 atom stereocenters. The highest BCUT2D eigenvalue weighted by Crippen LogP contribution is 2.20. The van der Waals surface area contributed by atoms with E-state index in [4.69, 9.17) is 4.74 Å². The number of ether oxygens (including phenoxy) is 1. The zero-order valence-electron chi connectivity index (χ0n) is 13.5. The van der Waals surface area contributed by atoms with E-state index >= 15 is 0 Å². The zero-order valence-corrected chi connectivity index (χ0v) is 13.5. The number of hydrogen-bond acceptors (Lipinski definition) is 5. The Labute approximate surface area is 140 Å². The molecule has 2 aromatic heterocycles. The van der Waals surface area contributed by atoms with E-state index in [2.05, 4.69) is 19.9 Å². The lowest BCUT2D eigenvalue weighted by Gasteiger charge is -2.29. The minimum absolute atomic E-state index is 0.0440. The summed E-state index contributed by atoms with van der Waals surface area (Å²) in [5, 5.41) is 0. The van der Waals surface area contributed by atoms with Gasteiger partial charge in [-0.15, -0.1) is 0 Å². The Morgan fingerprint density at radius 3 is 3.08 bits per heavy atom. The normalized spacial score (nSPS) is 17.8. The second-order valence-corrected chi connectivity index (χ2v) is 6.29. The SMILES string of the molecule is O=c1[nH]c(-c2cccnc2)nc2c1CN(CC1=COCCC1)CC2. The third-order valence-electron chi connectivity index (χ3n) is 4.52. The minimum atomic E-state index is -0.0440. The van der Waals surface area contributed by atoms with E-state index in [0.717, 1.165) is 55.8 Å². The topological polar surface area (TPSA) is 71.1 Å². The molecule has 6 nitrogen and oxygen atoms in total. The van der Waals surface area contributed by atoms with Crippen LogP contribution in [0.4, 0.5) is 0 Å². The molecule has 24 heavy (non-hydrogen) atoms. The molecule has 0 aliphatic carbocycles. The van der Waals surface area contributed by atoms with Gasteiger partial charge in [-0.1, -0.05) is 0 Å². The monoisotopic (exact) mass is 324 g/mol. The summed E-state index contributed by atoms with van der Waals surface area (Å²) in [6.07, 6.45) is 8.26. The van der Waals surface area contributed by atoms with Crippen LogP contribution in [-0.4, -0.2) is 39.5 Å². The van der Waals surface area contributed by atoms with Gasteiger partial charge in [-0.25, -0.2) is 4.98 Å². The first-order valence-electron chi connectivity index (χ1n) is 8.34. The van der Waals surface area contributed by atoms with Gasteiger partial charge in [-0.3, -0.25) is 14.7 Å². The molecule has 0 saturated carbocycles. The number of pyridine rings is 1. The fourth-order valence-corrected chi connectivity index (χ4v) is 3.28. The fourth-order valence-electron chi connectivity index (χ4n) is 3.28. The Hall–Kier alpha value is -2.47. The Bertz CT molecular complexity index is 814. The summed E-state index contributed by atoms with van der Waals surface area (Å²) < 4.78 is 5.41. The molecule has 0 aromatic carbocycles. The number of nitrogens with one attached hydrogen (secondary N) is 1. The van der Waals surface area contributed by atoms with Crippen molar-refractivity contribution in [2.45, 2.75) is 25.8 Å². The highest BCUT2D eigenvalue weighted by atomic mass is 16.5. The molecule has 0 fully saturated rings. The summed E-state index contributed by atoms with van der Waals surface area (Å²) in [5.74, 6) is 0.601. The van der Waals surface area contributed by atoms with Gasteiger partial charge >= 0.3 is 0 Å². The number of hydrogen-bond donors (Lipinski definition) is 1. The van der Waals surface area contributed by atoms with Gasteiger partial charge in [0, 0.05) is 44.0 Å². The minimum Gasteiger partial charge on any atom is -0.501 e. The van der Waals surface area contributed by atoms with Crippen molar-refractivity contribution in [2.24, 2.45) is 0 Å². The van der Waals surface area contributed by atoms with Gasteiger partial charge in [0.1, 0.15) is 5.82 Å². The Balaban J connectivity index is 1.56. The van der Waals surface area contributed by atoms with Gasteiger partial charge in [0.05, 0.1) is 24.1 Å². The number of aromatic amines is 1. The highest BCUT2D eigenvalue weighted by Gasteiger charge is 2.22. The van der Waals surface area contributed by atoms with Gasteiger partial charge in [0.15, 0.2) is 0 Å². The third kappa shape index (κ3) is 3.10. The number of nitrogens with zero attached hydrogens (tertiary/aromatic N) is 3. The van der Waals surface area contributed by atoms with Crippen molar-refractivity contribution in [1.82, 2.24) is 19.9 Å². The van der Waals surface area contributed by atoms with Crippen molar-refractivity contribution in [3.05, 3.63) is 58.0 Å².